The second kappa shape index (κ2) is 3.79. The van der Waals surface area contributed by atoms with E-state index in [1.807, 2.05) is 0 Å². The van der Waals surface area contributed by atoms with Gasteiger partial charge in [0.1, 0.15) is 16.7 Å². The van der Waals surface area contributed by atoms with E-state index in [1.54, 1.807) is 18.2 Å². The molecule has 0 N–H and O–H groups in total. The summed E-state index contributed by atoms with van der Waals surface area (Å²) in [5, 5.41) is 3.14. The largest absolute Gasteiger partial charge is 0.470 e. The predicted octanol–water partition coefficient (Wildman–Crippen LogP) is 2.81. The normalized spacial score (nSPS) is 24.3. The molecule has 1 saturated carbocycles. The van der Waals surface area contributed by atoms with Crippen LogP contribution < -0.4 is 4.74 Å². The van der Waals surface area contributed by atoms with Gasteiger partial charge in [-0.25, -0.2) is 8.42 Å². The van der Waals surface area contributed by atoms with Crippen LogP contribution in [0.15, 0.2) is 28.3 Å². The maximum absolute atomic E-state index is 12.3. The topological polar surface area (TPSA) is 72.8 Å². The lowest BCUT2D eigenvalue weighted by Gasteiger charge is -2.15. The molecule has 1 heterocycles. The second-order valence-electron chi connectivity index (χ2n) is 5.60. The van der Waals surface area contributed by atoms with Crippen LogP contribution in [0.1, 0.15) is 38.3 Å². The van der Waals surface area contributed by atoms with E-state index in [0.29, 0.717) is 11.3 Å². The summed E-state index contributed by atoms with van der Waals surface area (Å²) in [7, 11) is -3.52. The molecule has 1 aliphatic heterocycles. The molecule has 6 heteroatoms. The molecule has 1 aromatic carbocycles. The summed E-state index contributed by atoms with van der Waals surface area (Å²) >= 11 is 0. The minimum atomic E-state index is -3.52. The number of hydrogen-bond donors (Lipinski definition) is 0. The zero-order chi connectivity index (χ0) is 13.8. The molecule has 1 unspecified atom stereocenters. The van der Waals surface area contributed by atoms with E-state index in [1.165, 1.54) is 13.8 Å². The zero-order valence-corrected chi connectivity index (χ0v) is 11.6. The second-order valence-corrected chi connectivity index (χ2v) is 8.03. The summed E-state index contributed by atoms with van der Waals surface area (Å²) in [5.74, 6) is 0.614. The summed E-state index contributed by atoms with van der Waals surface area (Å²) < 4.78 is 30.1. The summed E-state index contributed by atoms with van der Waals surface area (Å²) in [4.78, 5) is 9.86. The minimum absolute atomic E-state index is 0.171. The molecule has 19 heavy (non-hydrogen) atoms. The van der Waals surface area contributed by atoms with Gasteiger partial charge >= 0.3 is 0 Å². The first-order valence-corrected chi connectivity index (χ1v) is 7.75. The Morgan fingerprint density at radius 1 is 1.37 bits per heavy atom. The van der Waals surface area contributed by atoms with Gasteiger partial charge in [0.25, 0.3) is 0 Å². The van der Waals surface area contributed by atoms with Gasteiger partial charge < -0.3 is 4.74 Å². The van der Waals surface area contributed by atoms with E-state index in [-0.39, 0.29) is 10.8 Å². The number of sulfone groups is 1. The average molecular weight is 281 g/mol. The van der Waals surface area contributed by atoms with Gasteiger partial charge in [-0.2, -0.15) is 4.91 Å². The van der Waals surface area contributed by atoms with E-state index in [0.717, 1.165) is 12.8 Å². The fourth-order valence-corrected chi connectivity index (χ4v) is 3.81. The van der Waals surface area contributed by atoms with Crippen molar-refractivity contribution in [3.63, 3.8) is 0 Å². The van der Waals surface area contributed by atoms with Crippen LogP contribution in [0.2, 0.25) is 0 Å². The molecule has 102 valence electrons. The van der Waals surface area contributed by atoms with Crippen molar-refractivity contribution < 1.29 is 13.2 Å². The minimum Gasteiger partial charge on any atom is -0.470 e. The number of nitrogens with zero attached hydrogens (tertiary/aromatic N) is 1. The maximum Gasteiger partial charge on any atom is 0.222 e. The van der Waals surface area contributed by atoms with Crippen LogP contribution in [-0.4, -0.2) is 13.4 Å². The Bertz CT molecular complexity index is 647. The van der Waals surface area contributed by atoms with Gasteiger partial charge in [0.2, 0.25) is 14.8 Å². The van der Waals surface area contributed by atoms with Gasteiger partial charge in [-0.15, -0.1) is 0 Å². The number of hydrogen-bond acceptors (Lipinski definition) is 5. The lowest BCUT2D eigenvalue weighted by atomic mass is 10.0. The van der Waals surface area contributed by atoms with Gasteiger partial charge in [-0.3, -0.25) is 0 Å². The van der Waals surface area contributed by atoms with E-state index < -0.39 is 20.8 Å². The SMILES string of the molecule is CC1(C)Oc2ccc(C(N=O)C3CC3)cc2S1(=O)=O. The monoisotopic (exact) mass is 281 g/mol. The molecule has 2 aliphatic rings. The zero-order valence-electron chi connectivity index (χ0n) is 10.8. The van der Waals surface area contributed by atoms with Crippen molar-refractivity contribution in [3.8, 4) is 5.75 Å². The molecule has 0 aromatic heterocycles. The smallest absolute Gasteiger partial charge is 0.222 e. The first-order chi connectivity index (χ1) is 8.87. The first kappa shape index (κ1) is 12.6. The molecule has 0 radical (unpaired) electrons. The van der Waals surface area contributed by atoms with Crippen molar-refractivity contribution in [3.05, 3.63) is 28.7 Å². The number of fused-ring (bicyclic) bond motifs is 1. The van der Waals surface area contributed by atoms with E-state index >= 15 is 0 Å². The third-order valence-electron chi connectivity index (χ3n) is 3.78. The quantitative estimate of drug-likeness (QED) is 0.798. The Hall–Kier alpha value is -1.43. The molecule has 1 aromatic rings. The molecule has 0 bridgehead atoms. The van der Waals surface area contributed by atoms with Crippen molar-refractivity contribution >= 4 is 9.84 Å². The molecule has 1 aliphatic carbocycles. The Balaban J connectivity index is 2.09. The summed E-state index contributed by atoms with van der Waals surface area (Å²) in [6.45, 7) is 3.05. The maximum atomic E-state index is 12.3. The summed E-state index contributed by atoms with van der Waals surface area (Å²) in [5.41, 5.74) is 0.668. The van der Waals surface area contributed by atoms with Gasteiger partial charge in [-0.1, -0.05) is 11.2 Å². The van der Waals surface area contributed by atoms with E-state index in [4.69, 9.17) is 4.74 Å². The van der Waals surface area contributed by atoms with Gasteiger partial charge in [0.05, 0.1) is 0 Å². The molecule has 1 fully saturated rings. The molecular formula is C13H15NO4S. The molecule has 3 rings (SSSR count). The third kappa shape index (κ3) is 1.77. The standard InChI is InChI=1S/C13H15NO4S/c1-13(2)18-10-6-5-9(7-11(10)19(13,16)17)12(14-15)8-3-4-8/h5-8,12H,3-4H2,1-2H3. The van der Waals surface area contributed by atoms with Crippen LogP contribution in [0.4, 0.5) is 0 Å². The highest BCUT2D eigenvalue weighted by Crippen LogP contribution is 2.47. The van der Waals surface area contributed by atoms with Gasteiger partial charge in [0, 0.05) is 0 Å². The highest BCUT2D eigenvalue weighted by Gasteiger charge is 2.47. The van der Waals surface area contributed by atoms with Gasteiger partial charge in [-0.05, 0) is 50.3 Å². The van der Waals surface area contributed by atoms with Crippen LogP contribution >= 0.6 is 0 Å². The van der Waals surface area contributed by atoms with Crippen molar-refractivity contribution in [1.82, 2.24) is 0 Å². The van der Waals surface area contributed by atoms with Crippen molar-refractivity contribution in [2.75, 3.05) is 0 Å². The van der Waals surface area contributed by atoms with Crippen LogP contribution in [0.25, 0.3) is 0 Å². The lowest BCUT2D eigenvalue weighted by Crippen LogP contribution is -2.32. The number of ether oxygens (including phenoxy) is 1. The molecule has 0 amide bonds. The molecular weight excluding hydrogens is 266 g/mol. The number of benzene rings is 1. The van der Waals surface area contributed by atoms with Crippen LogP contribution in [0.3, 0.4) is 0 Å². The van der Waals surface area contributed by atoms with E-state index in [9.17, 15) is 13.3 Å². The Morgan fingerprint density at radius 2 is 2.05 bits per heavy atom. The lowest BCUT2D eigenvalue weighted by molar-refractivity contribution is 0.204. The molecule has 0 saturated heterocycles. The Kier molecular flexibility index (Phi) is 2.51. The highest BCUT2D eigenvalue weighted by atomic mass is 32.2. The molecule has 5 nitrogen and oxygen atoms in total. The number of rotatable bonds is 3. The fraction of sp³-hybridized carbons (Fsp3) is 0.538. The Morgan fingerprint density at radius 3 is 2.63 bits per heavy atom. The summed E-state index contributed by atoms with van der Waals surface area (Å²) in [6, 6.07) is 4.46. The fourth-order valence-electron chi connectivity index (χ4n) is 2.42. The van der Waals surface area contributed by atoms with Crippen molar-refractivity contribution in [2.45, 2.75) is 42.6 Å². The third-order valence-corrected chi connectivity index (χ3v) is 6.06. The Labute approximate surface area is 111 Å². The van der Waals surface area contributed by atoms with E-state index in [2.05, 4.69) is 5.18 Å². The predicted molar refractivity (Wildman–Crippen MR) is 69.6 cm³/mol. The van der Waals surface area contributed by atoms with Crippen molar-refractivity contribution in [2.24, 2.45) is 11.1 Å². The summed E-state index contributed by atoms with van der Waals surface area (Å²) in [6.07, 6.45) is 1.95. The average Bonchev–Trinajstić information content (AvgIpc) is 3.12. The molecule has 0 spiro atoms. The first-order valence-electron chi connectivity index (χ1n) is 6.27. The van der Waals surface area contributed by atoms with Crippen LogP contribution in [0, 0.1) is 10.8 Å². The highest BCUT2D eigenvalue weighted by molar-refractivity contribution is 7.93. The van der Waals surface area contributed by atoms with Crippen LogP contribution in [0.5, 0.6) is 5.75 Å². The number of nitroso groups, excluding NO2 is 1. The van der Waals surface area contributed by atoms with Crippen LogP contribution in [-0.2, 0) is 9.84 Å². The van der Waals surface area contributed by atoms with Crippen molar-refractivity contribution in [1.29, 1.82) is 0 Å². The molecule has 1 atom stereocenters. The van der Waals surface area contributed by atoms with Gasteiger partial charge in [0.15, 0.2) is 0 Å².